The fraction of sp³-hybridized carbons (Fsp3) is 1.00. The molecule has 0 saturated heterocycles. The van der Waals surface area contributed by atoms with Crippen LogP contribution >= 0.6 is 0 Å². The minimum atomic E-state index is 0. The summed E-state index contributed by atoms with van der Waals surface area (Å²) in [6.45, 7) is 19.6. The van der Waals surface area contributed by atoms with E-state index in [-0.39, 0.29) is 12.6 Å². The van der Waals surface area contributed by atoms with Crippen LogP contribution in [0.5, 0.6) is 0 Å². The van der Waals surface area contributed by atoms with Gasteiger partial charge in [0.25, 0.3) is 0 Å². The van der Waals surface area contributed by atoms with Crippen molar-refractivity contribution in [2.75, 3.05) is 0 Å². The van der Waals surface area contributed by atoms with Crippen LogP contribution in [0, 0.1) is 82.9 Å². The van der Waals surface area contributed by atoms with E-state index in [2.05, 4.69) is 55.4 Å². The summed E-state index contributed by atoms with van der Waals surface area (Å²) in [6.07, 6.45) is 33.5. The van der Waals surface area contributed by atoms with Crippen molar-refractivity contribution in [3.05, 3.63) is 0 Å². The third kappa shape index (κ3) is 12.7. The van der Waals surface area contributed by atoms with E-state index >= 15 is 0 Å². The molecule has 276 valence electrons. The Bertz CT molecular complexity index is 666. The summed E-state index contributed by atoms with van der Waals surface area (Å²) in [5.74, 6) is 14.6. The van der Waals surface area contributed by atoms with Crippen LogP contribution < -0.4 is 0 Å². The summed E-state index contributed by atoms with van der Waals surface area (Å²) >= 11 is 0. The van der Waals surface area contributed by atoms with Crippen molar-refractivity contribution in [2.45, 2.75) is 197 Å². The molecule has 0 aliphatic heterocycles. The Labute approximate surface area is 291 Å². The lowest BCUT2D eigenvalue weighted by Crippen LogP contribution is -2.33. The van der Waals surface area contributed by atoms with E-state index in [9.17, 15) is 0 Å². The predicted molar refractivity (Wildman–Crippen MR) is 210 cm³/mol. The second kappa shape index (κ2) is 19.8. The largest absolute Gasteiger partial charge is 0.412 e. The van der Waals surface area contributed by atoms with Crippen LogP contribution in [0.15, 0.2) is 0 Å². The van der Waals surface area contributed by atoms with E-state index in [1.54, 1.807) is 51.4 Å². The SMILES string of the molecule is CC1CCC(C2CC(C)C(C)C(C)C2)CC1.CC1CCC(C2CCC(C)CC2)CC1.CC1CCC(C2CCC(C)CC2)CC1.O.[HH].[HH].[HH].[HH].[HH]. The van der Waals surface area contributed by atoms with E-state index in [0.717, 1.165) is 82.9 Å². The van der Waals surface area contributed by atoms with Crippen LogP contribution in [0.2, 0.25) is 0 Å². The molecule has 6 fully saturated rings. The van der Waals surface area contributed by atoms with Crippen molar-refractivity contribution < 1.29 is 12.6 Å². The number of hydrogen-bond acceptors (Lipinski definition) is 0. The fourth-order valence-corrected chi connectivity index (χ4v) is 11.2. The highest BCUT2D eigenvalue weighted by atomic mass is 16.0. The van der Waals surface area contributed by atoms with Gasteiger partial charge in [-0.1, -0.05) is 120 Å². The monoisotopic (exact) mass is 639 g/mol. The molecular weight excluding hydrogens is 544 g/mol. The van der Waals surface area contributed by atoms with Gasteiger partial charge in [-0.25, -0.2) is 0 Å². The number of hydrogen-bond donors (Lipinski definition) is 0. The first kappa shape index (κ1) is 39.4. The average Bonchev–Trinajstić information content (AvgIpc) is 3.02. The van der Waals surface area contributed by atoms with Gasteiger partial charge in [0.05, 0.1) is 0 Å². The lowest BCUT2D eigenvalue weighted by molar-refractivity contribution is 0.0805. The molecule has 0 spiro atoms. The van der Waals surface area contributed by atoms with Gasteiger partial charge in [0, 0.05) is 7.13 Å². The summed E-state index contributed by atoms with van der Waals surface area (Å²) < 4.78 is 0. The third-order valence-electron chi connectivity index (χ3n) is 15.4. The molecular formula is C44H94O. The van der Waals surface area contributed by atoms with Gasteiger partial charge < -0.3 is 5.48 Å². The Hall–Kier alpha value is -0.0400. The lowest BCUT2D eigenvalue weighted by Gasteiger charge is -2.42. The molecule has 0 aromatic heterocycles. The van der Waals surface area contributed by atoms with Gasteiger partial charge in [0.1, 0.15) is 0 Å². The lowest BCUT2D eigenvalue weighted by atomic mass is 9.63. The Balaban J connectivity index is -0.000000627. The van der Waals surface area contributed by atoms with Crippen molar-refractivity contribution >= 4 is 0 Å². The number of rotatable bonds is 3. The van der Waals surface area contributed by atoms with Crippen LogP contribution in [0.3, 0.4) is 0 Å². The normalized spacial score (nSPS) is 45.9. The van der Waals surface area contributed by atoms with Crippen LogP contribution in [-0.2, 0) is 0 Å². The quantitative estimate of drug-likeness (QED) is 0.294. The summed E-state index contributed by atoms with van der Waals surface area (Å²) in [6, 6.07) is 0. The van der Waals surface area contributed by atoms with Gasteiger partial charge in [0.2, 0.25) is 0 Å². The van der Waals surface area contributed by atoms with Crippen molar-refractivity contribution in [3.63, 3.8) is 0 Å². The molecule has 6 rings (SSSR count). The summed E-state index contributed by atoms with van der Waals surface area (Å²) in [5.41, 5.74) is 0. The molecule has 0 radical (unpaired) electrons. The van der Waals surface area contributed by atoms with Gasteiger partial charge in [-0.3, -0.25) is 0 Å². The van der Waals surface area contributed by atoms with Crippen molar-refractivity contribution in [3.8, 4) is 0 Å². The molecule has 6 aliphatic rings. The molecule has 0 heterocycles. The minimum Gasteiger partial charge on any atom is -0.412 e. The van der Waals surface area contributed by atoms with E-state index in [0.29, 0.717) is 0 Å². The van der Waals surface area contributed by atoms with Crippen LogP contribution in [0.25, 0.3) is 0 Å². The van der Waals surface area contributed by atoms with Crippen LogP contribution in [0.4, 0.5) is 0 Å². The Kier molecular flexibility index (Phi) is 17.4. The molecule has 0 aromatic carbocycles. The maximum absolute atomic E-state index is 2.48. The van der Waals surface area contributed by atoms with Crippen molar-refractivity contribution in [1.82, 2.24) is 0 Å². The standard InChI is InChI=1S/C16H30.2C14H26.H2O.5H2/c1-11-5-7-15(8-6-11)16-9-12(2)14(4)13(3)10-16;2*1-11-3-7-13(8-4-11)14-9-5-12(2)6-10-14;;;;;;/h11-16H,5-10H2,1-4H3;2*11-14H,3-10H2,1-2H3;1H2;5*1H. The molecule has 6 aliphatic carbocycles. The highest BCUT2D eigenvalue weighted by Crippen LogP contribution is 2.46. The smallest absolute Gasteiger partial charge is 0 e. The zero-order valence-electron chi connectivity index (χ0n) is 32.1. The van der Waals surface area contributed by atoms with Gasteiger partial charge in [-0.05, 0) is 160 Å². The van der Waals surface area contributed by atoms with Gasteiger partial charge >= 0.3 is 0 Å². The fourth-order valence-electron chi connectivity index (χ4n) is 11.2. The van der Waals surface area contributed by atoms with E-state index in [1.807, 2.05) is 0 Å². The Morgan fingerprint density at radius 1 is 0.267 bits per heavy atom. The predicted octanol–water partition coefficient (Wildman–Crippen LogP) is 14.8. The van der Waals surface area contributed by atoms with Gasteiger partial charge in [-0.15, -0.1) is 0 Å². The topological polar surface area (TPSA) is 31.5 Å². The maximum atomic E-state index is 2.48. The van der Waals surface area contributed by atoms with E-state index in [1.165, 1.54) is 89.9 Å². The molecule has 2 unspecified atom stereocenters. The molecule has 0 amide bonds. The van der Waals surface area contributed by atoms with Gasteiger partial charge in [0.15, 0.2) is 0 Å². The maximum Gasteiger partial charge on any atom is 0 e. The molecule has 1 nitrogen and oxygen atoms in total. The van der Waals surface area contributed by atoms with Crippen molar-refractivity contribution in [1.29, 1.82) is 0 Å². The molecule has 0 aromatic rings. The first-order valence-corrected chi connectivity index (χ1v) is 21.1. The third-order valence-corrected chi connectivity index (χ3v) is 15.4. The van der Waals surface area contributed by atoms with Crippen LogP contribution in [0.1, 0.15) is 204 Å². The van der Waals surface area contributed by atoms with Crippen molar-refractivity contribution in [2.24, 2.45) is 82.9 Å². The zero-order valence-corrected chi connectivity index (χ0v) is 32.1. The van der Waals surface area contributed by atoms with Gasteiger partial charge in [-0.2, -0.15) is 0 Å². The molecule has 45 heavy (non-hydrogen) atoms. The highest BCUT2D eigenvalue weighted by Gasteiger charge is 2.35. The second-order valence-electron chi connectivity index (χ2n) is 19.1. The zero-order chi connectivity index (χ0) is 31.6. The summed E-state index contributed by atoms with van der Waals surface area (Å²) in [5, 5.41) is 0. The second-order valence-corrected chi connectivity index (χ2v) is 19.1. The van der Waals surface area contributed by atoms with Crippen LogP contribution in [-0.4, -0.2) is 5.48 Å². The average molecular weight is 639 g/mol. The Morgan fingerprint density at radius 2 is 0.444 bits per heavy atom. The van der Waals surface area contributed by atoms with E-state index < -0.39 is 0 Å². The highest BCUT2D eigenvalue weighted by molar-refractivity contribution is 4.86. The molecule has 2 atom stereocenters. The first-order chi connectivity index (χ1) is 21.1. The minimum absolute atomic E-state index is 0. The molecule has 6 saturated carbocycles. The molecule has 0 bridgehead atoms. The molecule has 1 heteroatoms. The summed E-state index contributed by atoms with van der Waals surface area (Å²) in [4.78, 5) is 0. The summed E-state index contributed by atoms with van der Waals surface area (Å²) in [7, 11) is 0. The molecule has 2 N–H and O–H groups in total. The van der Waals surface area contributed by atoms with E-state index in [4.69, 9.17) is 0 Å². The first-order valence-electron chi connectivity index (χ1n) is 21.1. The Morgan fingerprint density at radius 3 is 0.644 bits per heavy atom.